The van der Waals surface area contributed by atoms with Crippen LogP contribution in [0.4, 0.5) is 0 Å². The van der Waals surface area contributed by atoms with Gasteiger partial charge in [0.05, 0.1) is 24.6 Å². The first-order valence-corrected chi connectivity index (χ1v) is 8.64. The number of aliphatic hydroxyl groups is 5. The molecule has 10 atom stereocenters. The summed E-state index contributed by atoms with van der Waals surface area (Å²) < 4.78 is 18.7. The van der Waals surface area contributed by atoms with Crippen LogP contribution in [0.15, 0.2) is 0 Å². The Morgan fingerprint density at radius 3 is 2.09 bits per heavy atom. The Kier molecular flexibility index (Phi) is 6.19. The van der Waals surface area contributed by atoms with Crippen molar-refractivity contribution < 1.29 is 36.4 Å². The van der Waals surface area contributed by atoms with Crippen LogP contribution < -0.4 is 0 Å². The van der Waals surface area contributed by atoms with Gasteiger partial charge in [0.1, 0.15) is 42.0 Å². The van der Waals surface area contributed by atoms with Crippen LogP contribution in [-0.4, -0.2) is 96.5 Å². The highest BCUT2D eigenvalue weighted by molar-refractivity contribution is 6.24. The lowest BCUT2D eigenvalue weighted by molar-refractivity contribution is -0.258. The molecular weight excluding hydrogens is 398 g/mol. The van der Waals surface area contributed by atoms with Gasteiger partial charge >= 0.3 is 0 Å². The zero-order chi connectivity index (χ0) is 18.4. The van der Waals surface area contributed by atoms with Crippen LogP contribution in [-0.2, 0) is 9.47 Å². The van der Waals surface area contributed by atoms with Crippen molar-refractivity contribution in [2.75, 3.05) is 11.8 Å². The summed E-state index contributed by atoms with van der Waals surface area (Å²) in [5, 5.41) is 46.9. The Bertz CT molecular complexity index is 459. The van der Waals surface area contributed by atoms with E-state index in [0.29, 0.717) is 0 Å². The van der Waals surface area contributed by atoms with Crippen molar-refractivity contribution in [3.63, 3.8) is 0 Å². The summed E-state index contributed by atoms with van der Waals surface area (Å²) in [4.78, 5) is 0. The van der Waals surface area contributed by atoms with Crippen molar-refractivity contribution in [2.45, 2.75) is 59.2 Å². The molecule has 0 aliphatic carbocycles. The summed E-state index contributed by atoms with van der Waals surface area (Å²) in [6.07, 6.45) is -10.9. The summed E-state index contributed by atoms with van der Waals surface area (Å²) >= 11 is 23.3. The zero-order valence-electron chi connectivity index (χ0n) is 12.6. The molecule has 0 amide bonds. The van der Waals surface area contributed by atoms with Crippen LogP contribution in [0.5, 0.6) is 0 Å². The summed E-state index contributed by atoms with van der Waals surface area (Å²) in [7, 11) is 0. The molecule has 11 heteroatoms. The third-order valence-corrected chi connectivity index (χ3v) is 5.63. The van der Waals surface area contributed by atoms with Crippen molar-refractivity contribution in [2.24, 2.45) is 0 Å². The number of halogens is 4. The van der Waals surface area contributed by atoms with Crippen molar-refractivity contribution in [1.29, 1.82) is 0 Å². The summed E-state index contributed by atoms with van der Waals surface area (Å²) in [5.41, 5.74) is 0. The Hall–Kier alpha value is 0.880. The van der Waals surface area contributed by atoms with Crippen LogP contribution in [0.3, 0.4) is 0 Å². The maximum Gasteiger partial charge on any atom is 0.214 e. The van der Waals surface area contributed by atoms with E-state index in [0.717, 1.165) is 0 Å². The maximum atomic E-state index is 10.6. The molecule has 0 aromatic carbocycles. The highest BCUT2D eigenvalue weighted by Gasteiger charge is 2.61. The Morgan fingerprint density at radius 2 is 1.61 bits per heavy atom. The van der Waals surface area contributed by atoms with Crippen LogP contribution >= 0.6 is 46.4 Å². The van der Waals surface area contributed by atoms with Crippen LogP contribution in [0.25, 0.3) is 0 Å². The Morgan fingerprint density at radius 1 is 1.04 bits per heavy atom. The minimum absolute atomic E-state index is 0.184. The molecule has 2 aliphatic heterocycles. The van der Waals surface area contributed by atoms with Crippen LogP contribution in [0.1, 0.15) is 1.37 Å². The smallest absolute Gasteiger partial charge is 0.214 e. The van der Waals surface area contributed by atoms with Gasteiger partial charge in [-0.15, -0.1) is 46.4 Å². The van der Waals surface area contributed by atoms with E-state index in [9.17, 15) is 25.5 Å². The molecule has 0 radical (unpaired) electrons. The first-order chi connectivity index (χ1) is 11.0. The predicted octanol–water partition coefficient (Wildman–Crippen LogP) is -1.02. The highest BCUT2D eigenvalue weighted by Crippen LogP contribution is 2.40. The van der Waals surface area contributed by atoms with Gasteiger partial charge in [-0.3, -0.25) is 0 Å². The quantitative estimate of drug-likeness (QED) is 0.372. The molecular formula is C12H18Cl4O7. The molecule has 0 aromatic rings. The highest BCUT2D eigenvalue weighted by atomic mass is 35.5. The predicted molar refractivity (Wildman–Crippen MR) is 83.2 cm³/mol. The van der Waals surface area contributed by atoms with E-state index in [2.05, 4.69) is 0 Å². The number of alkyl halides is 4. The average molecular weight is 417 g/mol. The number of rotatable bonds is 4. The molecule has 0 spiro atoms. The standard InChI is InChI=1S/C12H18Cl4O7/c13-1-3-5(15)7(18)8(19)9(22-3)10(16)12(21)11(20)6(17)4(2-14)23-12/h3-11,17-21H,1-2H2/t3-,4-,5+,6-,7+,8-,9+,10?,11+,12-/m1/s1/i10D. The fourth-order valence-electron chi connectivity index (χ4n) is 2.59. The summed E-state index contributed by atoms with van der Waals surface area (Å²) in [5.74, 6) is -3.32. The molecule has 2 saturated heterocycles. The van der Waals surface area contributed by atoms with Crippen molar-refractivity contribution in [1.82, 2.24) is 0 Å². The van der Waals surface area contributed by atoms with Gasteiger partial charge in [-0.1, -0.05) is 0 Å². The normalized spacial score (nSPS) is 54.6. The van der Waals surface area contributed by atoms with E-state index < -0.39 is 59.2 Å². The van der Waals surface area contributed by atoms with E-state index in [1.54, 1.807) is 0 Å². The molecule has 2 aliphatic rings. The Labute approximate surface area is 154 Å². The minimum Gasteiger partial charge on any atom is -0.389 e. The lowest BCUT2D eigenvalue weighted by atomic mass is 9.90. The second-order valence-corrected chi connectivity index (χ2v) is 6.99. The molecule has 0 saturated carbocycles. The molecule has 1 unspecified atom stereocenters. The summed E-state index contributed by atoms with van der Waals surface area (Å²) in [6, 6.07) is 0. The zero-order valence-corrected chi connectivity index (χ0v) is 14.6. The van der Waals surface area contributed by atoms with Crippen molar-refractivity contribution in [3.8, 4) is 0 Å². The van der Waals surface area contributed by atoms with Gasteiger partial charge in [-0.25, -0.2) is 0 Å². The average Bonchev–Trinajstić information content (AvgIpc) is 2.78. The lowest BCUT2D eigenvalue weighted by Crippen LogP contribution is -2.64. The van der Waals surface area contributed by atoms with Crippen LogP contribution in [0.2, 0.25) is 0 Å². The largest absolute Gasteiger partial charge is 0.389 e. The molecule has 0 aromatic heterocycles. The molecule has 7 nitrogen and oxygen atoms in total. The van der Waals surface area contributed by atoms with Gasteiger partial charge in [-0.05, 0) is 0 Å². The lowest BCUT2D eigenvalue weighted by Gasteiger charge is -2.44. The van der Waals surface area contributed by atoms with Gasteiger partial charge in [0.25, 0.3) is 0 Å². The fourth-order valence-corrected chi connectivity index (χ4v) is 3.83. The third kappa shape index (κ3) is 3.44. The third-order valence-electron chi connectivity index (χ3n) is 4.00. The fraction of sp³-hybridized carbons (Fsp3) is 1.00. The number of hydrogen-bond donors (Lipinski definition) is 5. The van der Waals surface area contributed by atoms with Crippen molar-refractivity contribution >= 4 is 46.4 Å². The van der Waals surface area contributed by atoms with E-state index in [4.69, 9.17) is 57.2 Å². The molecule has 23 heavy (non-hydrogen) atoms. The molecule has 2 rings (SSSR count). The van der Waals surface area contributed by atoms with E-state index in [-0.39, 0.29) is 11.8 Å². The van der Waals surface area contributed by atoms with E-state index in [1.165, 1.54) is 0 Å². The number of hydrogen-bond acceptors (Lipinski definition) is 7. The minimum atomic E-state index is -2.84. The first-order valence-electron chi connectivity index (χ1n) is 7.25. The van der Waals surface area contributed by atoms with E-state index >= 15 is 0 Å². The van der Waals surface area contributed by atoms with Crippen molar-refractivity contribution in [3.05, 3.63) is 0 Å². The SMILES string of the molecule is [2H]C(Cl)([C@H]1O[C@H](CCl)[C@H](Cl)[C@H](O)[C@H]1O)[C@@]1(O)O[C@H](CCl)[C@@H](O)[C@@H]1O. The topological polar surface area (TPSA) is 120 Å². The summed E-state index contributed by atoms with van der Waals surface area (Å²) in [6.45, 7) is 0. The second kappa shape index (κ2) is 7.63. The van der Waals surface area contributed by atoms with Gasteiger partial charge in [0.15, 0.2) is 0 Å². The first kappa shape index (κ1) is 18.7. The number of aliphatic hydroxyl groups excluding tert-OH is 4. The second-order valence-electron chi connectivity index (χ2n) is 5.47. The van der Waals surface area contributed by atoms with Gasteiger partial charge in [-0.2, -0.15) is 0 Å². The molecule has 2 heterocycles. The molecule has 5 N–H and O–H groups in total. The van der Waals surface area contributed by atoms with Crippen LogP contribution in [0, 0.1) is 0 Å². The Balaban J connectivity index is 2.34. The van der Waals surface area contributed by atoms with E-state index in [1.807, 2.05) is 0 Å². The van der Waals surface area contributed by atoms with Gasteiger partial charge in [0.2, 0.25) is 5.79 Å². The molecule has 2 fully saturated rings. The molecule has 136 valence electrons. The van der Waals surface area contributed by atoms with Gasteiger partial charge in [0, 0.05) is 0 Å². The maximum absolute atomic E-state index is 10.6. The number of ether oxygens (including phenoxy) is 2. The molecule has 0 bridgehead atoms. The van der Waals surface area contributed by atoms with Gasteiger partial charge < -0.3 is 35.0 Å². The monoisotopic (exact) mass is 415 g/mol.